The van der Waals surface area contributed by atoms with Crippen LogP contribution in [-0.4, -0.2) is 14.5 Å². The maximum Gasteiger partial charge on any atom is 0.363 e. The van der Waals surface area contributed by atoms with Crippen molar-refractivity contribution >= 4 is 55.3 Å². The zero-order valence-electron chi connectivity index (χ0n) is 14.2. The molecule has 1 aromatic carbocycles. The van der Waals surface area contributed by atoms with Crippen LogP contribution in [-0.2, 0) is 10.0 Å². The third-order valence-electron chi connectivity index (χ3n) is 4.57. The number of hydrogen-bond acceptors (Lipinski definition) is 6. The highest BCUT2D eigenvalue weighted by atomic mass is 35.5. The van der Waals surface area contributed by atoms with E-state index in [0.717, 1.165) is 37.0 Å². The highest BCUT2D eigenvalue weighted by Gasteiger charge is 2.25. The van der Waals surface area contributed by atoms with Gasteiger partial charge in [-0.15, -0.1) is 11.3 Å². The van der Waals surface area contributed by atoms with E-state index in [1.165, 1.54) is 12.1 Å². The first kappa shape index (κ1) is 18.3. The highest BCUT2D eigenvalue weighted by molar-refractivity contribution is 7.94. The Hall–Kier alpha value is -2.03. The molecule has 0 amide bonds. The molecule has 142 valence electrons. The summed E-state index contributed by atoms with van der Waals surface area (Å²) in [4.78, 5) is 12.6. The van der Waals surface area contributed by atoms with E-state index in [4.69, 9.17) is 16.0 Å². The van der Waals surface area contributed by atoms with E-state index in [9.17, 15) is 13.2 Å². The standard InChI is InChI=1S/C18H17ClN2O4S2/c19-14-9-10-15(26-14)27(23,24)21-17-16(20-11-5-1-2-6-11)12-7-3-4-8-13(12)25-18(17)22/h3-4,7-11,20-21H,1-2,5-6H2. The Kier molecular flexibility index (Phi) is 4.88. The van der Waals surface area contributed by atoms with Crippen LogP contribution in [0.2, 0.25) is 4.34 Å². The van der Waals surface area contributed by atoms with Gasteiger partial charge in [-0.2, -0.15) is 0 Å². The molecule has 0 unspecified atom stereocenters. The van der Waals surface area contributed by atoms with Gasteiger partial charge in [-0.3, -0.25) is 4.72 Å². The van der Waals surface area contributed by atoms with Crippen molar-refractivity contribution in [3.8, 4) is 0 Å². The zero-order valence-corrected chi connectivity index (χ0v) is 16.6. The number of nitrogens with one attached hydrogen (secondary N) is 2. The first-order chi connectivity index (χ1) is 12.9. The third-order valence-corrected chi connectivity index (χ3v) is 7.64. The molecule has 0 saturated heterocycles. The Balaban J connectivity index is 1.83. The van der Waals surface area contributed by atoms with Crippen LogP contribution in [0.25, 0.3) is 11.0 Å². The summed E-state index contributed by atoms with van der Waals surface area (Å²) in [5.41, 5.74) is 0.0237. The van der Waals surface area contributed by atoms with Crippen LogP contribution >= 0.6 is 22.9 Å². The second-order valence-electron chi connectivity index (χ2n) is 6.43. The molecule has 1 aliphatic carbocycles. The molecular weight excluding hydrogens is 408 g/mol. The van der Waals surface area contributed by atoms with E-state index in [-0.39, 0.29) is 15.9 Å². The number of benzene rings is 1. The van der Waals surface area contributed by atoms with Gasteiger partial charge in [0.15, 0.2) is 5.69 Å². The molecule has 0 aliphatic heterocycles. The smallest absolute Gasteiger partial charge is 0.363 e. The van der Waals surface area contributed by atoms with E-state index >= 15 is 0 Å². The average Bonchev–Trinajstić information content (AvgIpc) is 3.30. The number of para-hydroxylation sites is 1. The minimum atomic E-state index is -3.96. The summed E-state index contributed by atoms with van der Waals surface area (Å²) in [5, 5.41) is 4.02. The quantitative estimate of drug-likeness (QED) is 0.581. The number of hydrogen-bond donors (Lipinski definition) is 2. The lowest BCUT2D eigenvalue weighted by molar-refractivity contribution is 0.563. The molecule has 2 N–H and O–H groups in total. The molecule has 1 saturated carbocycles. The lowest BCUT2D eigenvalue weighted by Crippen LogP contribution is -2.23. The normalized spacial score (nSPS) is 15.3. The Morgan fingerprint density at radius 1 is 1.07 bits per heavy atom. The lowest BCUT2D eigenvalue weighted by Gasteiger charge is -2.18. The van der Waals surface area contributed by atoms with Crippen molar-refractivity contribution in [2.75, 3.05) is 10.0 Å². The molecule has 27 heavy (non-hydrogen) atoms. The van der Waals surface area contributed by atoms with Gasteiger partial charge in [-0.25, -0.2) is 13.2 Å². The molecule has 2 aromatic heterocycles. The number of halogens is 1. The van der Waals surface area contributed by atoms with Crippen LogP contribution < -0.4 is 15.7 Å². The predicted octanol–water partition coefficient (Wildman–Crippen LogP) is 4.66. The van der Waals surface area contributed by atoms with Crippen molar-refractivity contribution in [1.29, 1.82) is 0 Å². The number of thiophene rings is 1. The van der Waals surface area contributed by atoms with Crippen LogP contribution in [0.4, 0.5) is 11.4 Å². The fraction of sp³-hybridized carbons (Fsp3) is 0.278. The lowest BCUT2D eigenvalue weighted by atomic mass is 10.1. The fourth-order valence-corrected chi connectivity index (χ4v) is 5.84. The Bertz CT molecular complexity index is 1150. The van der Waals surface area contributed by atoms with E-state index < -0.39 is 15.6 Å². The summed E-state index contributed by atoms with van der Waals surface area (Å²) in [7, 11) is -3.96. The highest BCUT2D eigenvalue weighted by Crippen LogP contribution is 2.34. The molecule has 0 radical (unpaired) electrons. The summed E-state index contributed by atoms with van der Waals surface area (Å²) in [6, 6.07) is 10.2. The van der Waals surface area contributed by atoms with Crippen molar-refractivity contribution in [3.63, 3.8) is 0 Å². The van der Waals surface area contributed by atoms with Crippen LogP contribution in [0.15, 0.2) is 49.8 Å². The summed E-state index contributed by atoms with van der Waals surface area (Å²) in [5.74, 6) is 0. The molecule has 4 rings (SSSR count). The predicted molar refractivity (Wildman–Crippen MR) is 109 cm³/mol. The van der Waals surface area contributed by atoms with Crippen LogP contribution in [0.1, 0.15) is 25.7 Å². The van der Waals surface area contributed by atoms with Gasteiger partial charge in [0, 0.05) is 11.4 Å². The summed E-state index contributed by atoms with van der Waals surface area (Å²) >= 11 is 6.78. The molecule has 9 heteroatoms. The summed E-state index contributed by atoms with van der Waals surface area (Å²) < 4.78 is 33.6. The minimum Gasteiger partial charge on any atom is -0.421 e. The molecule has 0 atom stereocenters. The van der Waals surface area contributed by atoms with Crippen molar-refractivity contribution in [2.24, 2.45) is 0 Å². The van der Waals surface area contributed by atoms with Crippen LogP contribution in [0.3, 0.4) is 0 Å². The molecule has 0 bridgehead atoms. The molecule has 0 spiro atoms. The van der Waals surface area contributed by atoms with Gasteiger partial charge in [0.1, 0.15) is 9.79 Å². The summed E-state index contributed by atoms with van der Waals surface area (Å²) in [6.07, 6.45) is 4.15. The zero-order chi connectivity index (χ0) is 19.0. The third kappa shape index (κ3) is 3.69. The topological polar surface area (TPSA) is 88.4 Å². The van der Waals surface area contributed by atoms with E-state index in [1.807, 2.05) is 6.07 Å². The van der Waals surface area contributed by atoms with Crippen molar-refractivity contribution < 1.29 is 12.8 Å². The molecule has 2 heterocycles. The molecule has 1 aliphatic rings. The van der Waals surface area contributed by atoms with Gasteiger partial charge < -0.3 is 9.73 Å². The maximum atomic E-state index is 12.7. The molecule has 3 aromatic rings. The van der Waals surface area contributed by atoms with E-state index in [1.54, 1.807) is 18.2 Å². The van der Waals surface area contributed by atoms with E-state index in [2.05, 4.69) is 10.0 Å². The first-order valence-electron chi connectivity index (χ1n) is 8.54. The van der Waals surface area contributed by atoms with Crippen LogP contribution in [0, 0.1) is 0 Å². The minimum absolute atomic E-state index is 0.0341. The van der Waals surface area contributed by atoms with Crippen molar-refractivity contribution in [3.05, 3.63) is 51.2 Å². The maximum absolute atomic E-state index is 12.7. The second-order valence-corrected chi connectivity index (χ2v) is 10.0. The average molecular weight is 425 g/mol. The largest absolute Gasteiger partial charge is 0.421 e. The van der Waals surface area contributed by atoms with E-state index in [0.29, 0.717) is 21.0 Å². The SMILES string of the molecule is O=c1oc2ccccc2c(NC2CCCC2)c1NS(=O)(=O)c1ccc(Cl)s1. The van der Waals surface area contributed by atoms with Gasteiger partial charge >= 0.3 is 5.63 Å². The Morgan fingerprint density at radius 2 is 1.81 bits per heavy atom. The van der Waals surface area contributed by atoms with Gasteiger partial charge in [-0.05, 0) is 37.1 Å². The molecule has 1 fully saturated rings. The van der Waals surface area contributed by atoms with Gasteiger partial charge in [0.2, 0.25) is 0 Å². The number of sulfonamides is 1. The Morgan fingerprint density at radius 3 is 2.52 bits per heavy atom. The van der Waals surface area contributed by atoms with Gasteiger partial charge in [0.05, 0.1) is 10.0 Å². The first-order valence-corrected chi connectivity index (χ1v) is 11.2. The monoisotopic (exact) mass is 424 g/mol. The summed E-state index contributed by atoms with van der Waals surface area (Å²) in [6.45, 7) is 0. The number of fused-ring (bicyclic) bond motifs is 1. The van der Waals surface area contributed by atoms with Crippen molar-refractivity contribution in [2.45, 2.75) is 35.9 Å². The van der Waals surface area contributed by atoms with Gasteiger partial charge in [0.25, 0.3) is 10.0 Å². The number of rotatable bonds is 5. The second kappa shape index (κ2) is 7.18. The molecule has 6 nitrogen and oxygen atoms in total. The van der Waals surface area contributed by atoms with Crippen molar-refractivity contribution in [1.82, 2.24) is 0 Å². The van der Waals surface area contributed by atoms with Gasteiger partial charge in [-0.1, -0.05) is 36.6 Å². The number of anilines is 2. The molecular formula is C18H17ClN2O4S2. The van der Waals surface area contributed by atoms with Crippen LogP contribution in [0.5, 0.6) is 0 Å². The fourth-order valence-electron chi connectivity index (χ4n) is 3.29. The Labute approximate surface area is 165 Å².